The number of H-pyrrole nitrogens is 1. The predicted octanol–water partition coefficient (Wildman–Crippen LogP) is 3.05. The van der Waals surface area contributed by atoms with Crippen molar-refractivity contribution in [3.05, 3.63) is 87.6 Å². The molecule has 0 aliphatic carbocycles. The minimum absolute atomic E-state index is 0.0866. The Morgan fingerprint density at radius 1 is 1.08 bits per heavy atom. The predicted molar refractivity (Wildman–Crippen MR) is 137 cm³/mol. The number of aliphatic hydroxyl groups is 1. The molecule has 1 aromatic heterocycles. The lowest BCUT2D eigenvalue weighted by Crippen LogP contribution is -2.39. The monoisotopic (exact) mass is 492 g/mol. The fourth-order valence-electron chi connectivity index (χ4n) is 3.75. The van der Waals surface area contributed by atoms with E-state index in [9.17, 15) is 14.7 Å². The Labute approximate surface area is 210 Å². The maximum Gasteiger partial charge on any atom is 0.275 e. The van der Waals surface area contributed by atoms with Gasteiger partial charge in [-0.25, -0.2) is 0 Å². The van der Waals surface area contributed by atoms with Crippen LogP contribution in [0.2, 0.25) is 0 Å². The Kier molecular flexibility index (Phi) is 9.35. The molecule has 0 saturated carbocycles. The van der Waals surface area contributed by atoms with E-state index in [1.807, 2.05) is 48.6 Å². The molecular formula is C27H32N4O5. The van der Waals surface area contributed by atoms with Gasteiger partial charge in [0.05, 0.1) is 32.3 Å². The Hall–Kier alpha value is -3.98. The topological polar surface area (TPSA) is 126 Å². The van der Waals surface area contributed by atoms with E-state index in [4.69, 9.17) is 9.47 Å². The second kappa shape index (κ2) is 12.6. The highest BCUT2D eigenvalue weighted by atomic mass is 16.5. The lowest BCUT2D eigenvalue weighted by Gasteiger charge is -2.20. The summed E-state index contributed by atoms with van der Waals surface area (Å²) in [7, 11) is 3.11. The summed E-state index contributed by atoms with van der Waals surface area (Å²) in [5.41, 5.74) is 1.51. The lowest BCUT2D eigenvalue weighted by molar-refractivity contribution is -0.128. The average molecular weight is 493 g/mol. The number of methoxy groups -OCH3 is 2. The van der Waals surface area contributed by atoms with Crippen molar-refractivity contribution >= 4 is 12.0 Å². The van der Waals surface area contributed by atoms with Crippen molar-refractivity contribution in [3.8, 4) is 11.5 Å². The van der Waals surface area contributed by atoms with Crippen LogP contribution in [-0.4, -0.2) is 46.5 Å². The molecule has 3 unspecified atom stereocenters. The number of benzene rings is 2. The molecule has 3 aromatic rings. The first-order valence-corrected chi connectivity index (χ1v) is 11.7. The quantitative estimate of drug-likeness (QED) is 0.375. The summed E-state index contributed by atoms with van der Waals surface area (Å²) in [6, 6.07) is 14.4. The molecule has 190 valence electrons. The fourth-order valence-corrected chi connectivity index (χ4v) is 3.75. The minimum atomic E-state index is -0.870. The lowest BCUT2D eigenvalue weighted by atomic mass is 9.97. The van der Waals surface area contributed by atoms with Gasteiger partial charge < -0.3 is 24.9 Å². The van der Waals surface area contributed by atoms with E-state index in [-0.39, 0.29) is 11.6 Å². The zero-order chi connectivity index (χ0) is 26.1. The van der Waals surface area contributed by atoms with Crippen molar-refractivity contribution in [1.82, 2.24) is 20.5 Å². The van der Waals surface area contributed by atoms with Gasteiger partial charge in [-0.3, -0.25) is 9.59 Å². The molecule has 0 spiro atoms. The van der Waals surface area contributed by atoms with Crippen LogP contribution < -0.4 is 20.3 Å². The highest BCUT2D eigenvalue weighted by molar-refractivity contribution is 5.80. The van der Waals surface area contributed by atoms with Crippen molar-refractivity contribution < 1.29 is 19.4 Å². The number of hydrogen-bond acceptors (Lipinski definition) is 7. The number of aromatic amines is 1. The van der Waals surface area contributed by atoms with Gasteiger partial charge in [0.2, 0.25) is 5.91 Å². The Balaban J connectivity index is 1.65. The van der Waals surface area contributed by atoms with Crippen LogP contribution in [0.3, 0.4) is 0 Å². The van der Waals surface area contributed by atoms with Crippen molar-refractivity contribution in [2.24, 2.45) is 5.92 Å². The zero-order valence-electron chi connectivity index (χ0n) is 20.9. The van der Waals surface area contributed by atoms with Crippen LogP contribution in [0.5, 0.6) is 11.5 Å². The molecule has 1 amide bonds. The Bertz CT molecular complexity index is 1240. The summed E-state index contributed by atoms with van der Waals surface area (Å²) in [4.78, 5) is 28.3. The molecule has 9 heteroatoms. The molecular weight excluding hydrogens is 460 g/mol. The molecule has 9 nitrogen and oxygen atoms in total. The van der Waals surface area contributed by atoms with E-state index in [1.54, 1.807) is 40.2 Å². The summed E-state index contributed by atoms with van der Waals surface area (Å²) in [6.07, 6.45) is 3.57. The van der Waals surface area contributed by atoms with Crippen LogP contribution in [0.25, 0.3) is 6.08 Å². The molecule has 3 N–H and O–H groups in total. The summed E-state index contributed by atoms with van der Waals surface area (Å²) >= 11 is 0. The number of hydrogen-bond donors (Lipinski definition) is 3. The highest BCUT2D eigenvalue weighted by Gasteiger charge is 2.25. The molecule has 0 aliphatic heterocycles. The largest absolute Gasteiger partial charge is 0.493 e. The van der Waals surface area contributed by atoms with Gasteiger partial charge in [0.1, 0.15) is 11.5 Å². The third kappa shape index (κ3) is 7.02. The fraction of sp³-hybridized carbons (Fsp3) is 0.333. The van der Waals surface area contributed by atoms with Crippen LogP contribution in [0.1, 0.15) is 49.0 Å². The molecule has 3 atom stereocenters. The smallest absolute Gasteiger partial charge is 0.275 e. The van der Waals surface area contributed by atoms with Crippen LogP contribution in [0.15, 0.2) is 59.4 Å². The van der Waals surface area contributed by atoms with E-state index >= 15 is 0 Å². The first-order chi connectivity index (χ1) is 17.3. The highest BCUT2D eigenvalue weighted by Crippen LogP contribution is 2.28. The van der Waals surface area contributed by atoms with E-state index < -0.39 is 23.6 Å². The number of aliphatic hydroxyl groups excluding tert-OH is 1. The van der Waals surface area contributed by atoms with Crippen molar-refractivity contribution in [3.63, 3.8) is 0 Å². The molecule has 0 aliphatic rings. The Morgan fingerprint density at radius 3 is 2.44 bits per heavy atom. The van der Waals surface area contributed by atoms with Crippen LogP contribution in [0, 0.1) is 5.92 Å². The van der Waals surface area contributed by atoms with Gasteiger partial charge in [0, 0.05) is 6.42 Å². The van der Waals surface area contributed by atoms with Crippen LogP contribution in [-0.2, 0) is 11.2 Å². The third-order valence-corrected chi connectivity index (χ3v) is 5.78. The normalized spacial score (nSPS) is 13.7. The molecule has 0 bridgehead atoms. The van der Waals surface area contributed by atoms with E-state index in [2.05, 4.69) is 20.5 Å². The van der Waals surface area contributed by atoms with Crippen LogP contribution >= 0.6 is 0 Å². The average Bonchev–Trinajstić information content (AvgIpc) is 2.86. The van der Waals surface area contributed by atoms with Gasteiger partial charge in [-0.15, -0.1) is 10.2 Å². The number of carbonyl (C=O) groups is 1. The molecule has 1 heterocycles. The van der Waals surface area contributed by atoms with Gasteiger partial charge in [-0.2, -0.15) is 0 Å². The number of allylic oxidation sites excluding steroid dienone is 1. The van der Waals surface area contributed by atoms with E-state index in [0.29, 0.717) is 30.2 Å². The Morgan fingerprint density at radius 2 is 1.81 bits per heavy atom. The molecule has 3 rings (SSSR count). The summed E-state index contributed by atoms with van der Waals surface area (Å²) in [6.45, 7) is 3.23. The maximum absolute atomic E-state index is 12.9. The number of nitrogens with one attached hydrogen (secondary N) is 2. The van der Waals surface area contributed by atoms with Gasteiger partial charge in [-0.1, -0.05) is 48.6 Å². The van der Waals surface area contributed by atoms with Gasteiger partial charge in [0.25, 0.3) is 5.56 Å². The molecule has 0 saturated heterocycles. The first-order valence-electron chi connectivity index (χ1n) is 11.7. The third-order valence-electron chi connectivity index (χ3n) is 5.78. The number of amides is 1. The van der Waals surface area contributed by atoms with Crippen molar-refractivity contribution in [2.45, 2.75) is 38.8 Å². The van der Waals surface area contributed by atoms with Crippen molar-refractivity contribution in [2.75, 3.05) is 14.2 Å². The number of ether oxygens (including phenoxy) is 2. The molecule has 36 heavy (non-hydrogen) atoms. The second-order valence-electron chi connectivity index (χ2n) is 8.48. The summed E-state index contributed by atoms with van der Waals surface area (Å²) in [5, 5.41) is 21.1. The van der Waals surface area contributed by atoms with Gasteiger partial charge in [0.15, 0.2) is 11.5 Å². The number of aromatic nitrogens is 3. The van der Waals surface area contributed by atoms with E-state index in [1.165, 1.54) is 0 Å². The van der Waals surface area contributed by atoms with Gasteiger partial charge in [-0.05, 0) is 43.5 Å². The SMILES string of the molecule is COc1ccc(Cc2nnc(C(C)NC(=O)C(CC=Cc3ccccc3)C(C)O)c(=O)[nH]2)cc1OC. The maximum atomic E-state index is 12.9. The van der Waals surface area contributed by atoms with Crippen LogP contribution in [0.4, 0.5) is 0 Å². The van der Waals surface area contributed by atoms with Crippen molar-refractivity contribution in [1.29, 1.82) is 0 Å². The zero-order valence-corrected chi connectivity index (χ0v) is 20.9. The number of carbonyl (C=O) groups excluding carboxylic acids is 1. The molecule has 2 aromatic carbocycles. The molecule has 0 radical (unpaired) electrons. The summed E-state index contributed by atoms with van der Waals surface area (Å²) < 4.78 is 10.6. The number of nitrogens with zero attached hydrogens (tertiary/aromatic N) is 2. The minimum Gasteiger partial charge on any atom is -0.493 e. The van der Waals surface area contributed by atoms with E-state index in [0.717, 1.165) is 11.1 Å². The molecule has 0 fully saturated rings. The van der Waals surface area contributed by atoms with Gasteiger partial charge >= 0.3 is 0 Å². The second-order valence-corrected chi connectivity index (χ2v) is 8.48. The standard InChI is InChI=1S/C27H32N4O5/c1-17(28-26(33)21(18(2)32)12-8-11-19-9-6-5-7-10-19)25-27(34)29-24(30-31-25)16-20-13-14-22(35-3)23(15-20)36-4/h5-11,13-15,17-18,21,32H,12,16H2,1-4H3,(H,28,33)(H,29,30,34). The summed E-state index contributed by atoms with van der Waals surface area (Å²) in [5.74, 6) is 0.508. The number of rotatable bonds is 11. The first kappa shape index (κ1) is 26.6.